The van der Waals surface area contributed by atoms with Gasteiger partial charge in [0.1, 0.15) is 6.04 Å². The van der Waals surface area contributed by atoms with Crippen LogP contribution in [0.4, 0.5) is 4.39 Å². The Hall–Kier alpha value is -2.48. The Kier molecular flexibility index (Phi) is 4.98. The minimum absolute atomic E-state index is 0.0894. The van der Waals surface area contributed by atoms with E-state index in [0.29, 0.717) is 31.3 Å². The molecule has 1 aromatic carbocycles. The number of piperazine rings is 1. The van der Waals surface area contributed by atoms with E-state index in [1.54, 1.807) is 24.0 Å². The van der Waals surface area contributed by atoms with Crippen molar-refractivity contribution in [1.82, 2.24) is 19.9 Å². The Morgan fingerprint density at radius 2 is 2.20 bits per heavy atom. The molecule has 1 atom stereocenters. The predicted octanol–water partition coefficient (Wildman–Crippen LogP) is 1.72. The van der Waals surface area contributed by atoms with Crippen molar-refractivity contribution in [2.45, 2.75) is 19.9 Å². The third-order valence-electron chi connectivity index (χ3n) is 4.27. The van der Waals surface area contributed by atoms with Crippen LogP contribution in [0.15, 0.2) is 22.7 Å². The summed E-state index contributed by atoms with van der Waals surface area (Å²) in [7, 11) is 1.95. The second-order valence-corrected chi connectivity index (χ2v) is 6.24. The smallest absolute Gasteiger partial charge is 0.260 e. The molecular weight excluding hydrogens is 327 g/mol. The minimum Gasteiger partial charge on any atom is -0.481 e. The van der Waals surface area contributed by atoms with E-state index < -0.39 is 5.82 Å². The second-order valence-electron chi connectivity index (χ2n) is 6.24. The number of ether oxygens (including phenoxy) is 1. The topological polar surface area (TPSA) is 71.7 Å². The number of aryl methyl sites for hydroxylation is 2. The van der Waals surface area contributed by atoms with E-state index >= 15 is 0 Å². The van der Waals surface area contributed by atoms with Gasteiger partial charge in [-0.05, 0) is 38.6 Å². The highest BCUT2D eigenvalue weighted by atomic mass is 19.1. The van der Waals surface area contributed by atoms with Crippen LogP contribution >= 0.6 is 0 Å². The fourth-order valence-corrected chi connectivity index (χ4v) is 2.77. The highest BCUT2D eigenvalue weighted by molar-refractivity contribution is 5.78. The van der Waals surface area contributed by atoms with Crippen LogP contribution in [-0.2, 0) is 4.79 Å². The van der Waals surface area contributed by atoms with Crippen molar-refractivity contribution in [1.29, 1.82) is 0 Å². The van der Waals surface area contributed by atoms with Gasteiger partial charge in [-0.2, -0.15) is 4.98 Å². The standard InChI is InChI=1S/C17H21FN4O3/c1-11-4-5-13(18)15(8-11)24-10-16(23)22-7-6-21(3)14(9-22)17-19-12(2)20-25-17/h4-5,8,14H,6-7,9-10H2,1-3H3/t14-/m0/s1. The van der Waals surface area contributed by atoms with Gasteiger partial charge in [0.15, 0.2) is 24.0 Å². The van der Waals surface area contributed by atoms with Crippen molar-refractivity contribution in [3.05, 3.63) is 41.3 Å². The fraction of sp³-hybridized carbons (Fsp3) is 0.471. The van der Waals surface area contributed by atoms with Crippen LogP contribution in [-0.4, -0.2) is 59.1 Å². The van der Waals surface area contributed by atoms with Crippen molar-refractivity contribution >= 4 is 5.91 Å². The van der Waals surface area contributed by atoms with Crippen molar-refractivity contribution in [3.8, 4) is 5.75 Å². The Bertz CT molecular complexity index is 764. The van der Waals surface area contributed by atoms with Gasteiger partial charge < -0.3 is 14.2 Å². The molecule has 0 aliphatic carbocycles. The molecule has 25 heavy (non-hydrogen) atoms. The first-order valence-electron chi connectivity index (χ1n) is 8.11. The number of benzene rings is 1. The summed E-state index contributed by atoms with van der Waals surface area (Å²) < 4.78 is 24.3. The summed E-state index contributed by atoms with van der Waals surface area (Å²) in [5.74, 6) is 0.464. The average Bonchev–Trinajstić information content (AvgIpc) is 3.02. The molecule has 0 N–H and O–H groups in total. The van der Waals surface area contributed by atoms with E-state index in [9.17, 15) is 9.18 Å². The third-order valence-corrected chi connectivity index (χ3v) is 4.27. The summed E-state index contributed by atoms with van der Waals surface area (Å²) in [5, 5.41) is 3.81. The molecule has 3 rings (SSSR count). The van der Waals surface area contributed by atoms with E-state index in [0.717, 1.165) is 5.56 Å². The second kappa shape index (κ2) is 7.18. The van der Waals surface area contributed by atoms with Gasteiger partial charge in [0.2, 0.25) is 5.89 Å². The van der Waals surface area contributed by atoms with Gasteiger partial charge in [-0.3, -0.25) is 9.69 Å². The summed E-state index contributed by atoms with van der Waals surface area (Å²) in [6, 6.07) is 4.41. The molecule has 0 unspecified atom stereocenters. The summed E-state index contributed by atoms with van der Waals surface area (Å²) >= 11 is 0. The largest absolute Gasteiger partial charge is 0.481 e. The van der Waals surface area contributed by atoms with Gasteiger partial charge >= 0.3 is 0 Å². The molecule has 8 heteroatoms. The number of hydrogen-bond donors (Lipinski definition) is 0. The lowest BCUT2D eigenvalue weighted by atomic mass is 10.1. The maximum absolute atomic E-state index is 13.7. The molecule has 1 amide bonds. The molecule has 1 fully saturated rings. The highest BCUT2D eigenvalue weighted by Crippen LogP contribution is 2.23. The van der Waals surface area contributed by atoms with Crippen LogP contribution in [0.2, 0.25) is 0 Å². The molecule has 2 heterocycles. The zero-order valence-corrected chi connectivity index (χ0v) is 14.5. The SMILES string of the molecule is Cc1ccc(F)c(OCC(=O)N2CCN(C)[C@H](c3nc(C)no3)C2)c1. The number of hydrogen-bond acceptors (Lipinski definition) is 6. The van der Waals surface area contributed by atoms with E-state index in [-0.39, 0.29) is 24.3 Å². The monoisotopic (exact) mass is 348 g/mol. The van der Waals surface area contributed by atoms with Crippen molar-refractivity contribution in [2.75, 3.05) is 33.3 Å². The van der Waals surface area contributed by atoms with Gasteiger partial charge in [0, 0.05) is 19.6 Å². The summed E-state index contributed by atoms with van der Waals surface area (Å²) in [6.45, 7) is 5.06. The number of carbonyl (C=O) groups is 1. The first-order valence-corrected chi connectivity index (χ1v) is 8.11. The number of likely N-dealkylation sites (N-methyl/N-ethyl adjacent to an activating group) is 1. The zero-order valence-electron chi connectivity index (χ0n) is 14.5. The average molecular weight is 348 g/mol. The van der Waals surface area contributed by atoms with Crippen LogP contribution in [0, 0.1) is 19.7 Å². The first kappa shape index (κ1) is 17.3. The fourth-order valence-electron chi connectivity index (χ4n) is 2.77. The lowest BCUT2D eigenvalue weighted by Crippen LogP contribution is -2.50. The lowest BCUT2D eigenvalue weighted by Gasteiger charge is -2.37. The molecule has 1 saturated heterocycles. The molecule has 1 aromatic heterocycles. The third kappa shape index (κ3) is 3.96. The number of nitrogens with zero attached hydrogens (tertiary/aromatic N) is 4. The molecule has 2 aromatic rings. The maximum atomic E-state index is 13.7. The van der Waals surface area contributed by atoms with E-state index in [4.69, 9.17) is 9.26 Å². The van der Waals surface area contributed by atoms with Crippen LogP contribution in [0.1, 0.15) is 23.3 Å². The maximum Gasteiger partial charge on any atom is 0.260 e. The summed E-state index contributed by atoms with van der Waals surface area (Å²) in [5.41, 5.74) is 0.871. The van der Waals surface area contributed by atoms with E-state index in [1.165, 1.54) is 6.07 Å². The Balaban J connectivity index is 1.63. The lowest BCUT2D eigenvalue weighted by molar-refractivity contribution is -0.136. The molecule has 1 aliphatic rings. The first-order chi connectivity index (χ1) is 11.9. The Labute approximate surface area is 145 Å². The molecule has 134 valence electrons. The van der Waals surface area contributed by atoms with Gasteiger partial charge in [-0.1, -0.05) is 11.2 Å². The number of carbonyl (C=O) groups excluding carboxylic acids is 1. The van der Waals surface area contributed by atoms with Gasteiger partial charge in [-0.25, -0.2) is 4.39 Å². The van der Waals surface area contributed by atoms with Gasteiger partial charge in [0.05, 0.1) is 0 Å². The molecule has 0 saturated carbocycles. The quantitative estimate of drug-likeness (QED) is 0.838. The minimum atomic E-state index is -0.476. The van der Waals surface area contributed by atoms with E-state index in [1.807, 2.05) is 14.0 Å². The van der Waals surface area contributed by atoms with Crippen molar-refractivity contribution < 1.29 is 18.4 Å². The van der Waals surface area contributed by atoms with Crippen LogP contribution in [0.5, 0.6) is 5.75 Å². The number of halogens is 1. The van der Waals surface area contributed by atoms with Crippen LogP contribution < -0.4 is 4.74 Å². The van der Waals surface area contributed by atoms with Crippen LogP contribution in [0.25, 0.3) is 0 Å². The summed E-state index contributed by atoms with van der Waals surface area (Å²) in [4.78, 5) is 20.5. The summed E-state index contributed by atoms with van der Waals surface area (Å²) in [6.07, 6.45) is 0. The van der Waals surface area contributed by atoms with Crippen LogP contribution in [0.3, 0.4) is 0 Å². The molecule has 1 aliphatic heterocycles. The number of aromatic nitrogens is 2. The van der Waals surface area contributed by atoms with Crippen molar-refractivity contribution in [2.24, 2.45) is 0 Å². The molecule has 7 nitrogen and oxygen atoms in total. The highest BCUT2D eigenvalue weighted by Gasteiger charge is 2.32. The molecule has 0 spiro atoms. The number of rotatable bonds is 4. The van der Waals surface area contributed by atoms with E-state index in [2.05, 4.69) is 15.0 Å². The molecule has 0 radical (unpaired) electrons. The predicted molar refractivity (Wildman–Crippen MR) is 87.6 cm³/mol. The number of amides is 1. The van der Waals surface area contributed by atoms with Gasteiger partial charge in [-0.15, -0.1) is 0 Å². The Morgan fingerprint density at radius 1 is 1.40 bits per heavy atom. The molecular formula is C17H21FN4O3. The van der Waals surface area contributed by atoms with Gasteiger partial charge in [0.25, 0.3) is 5.91 Å². The molecule has 0 bridgehead atoms. The Morgan fingerprint density at radius 3 is 2.92 bits per heavy atom. The normalized spacial score (nSPS) is 18.4. The zero-order chi connectivity index (χ0) is 18.0. The van der Waals surface area contributed by atoms with Crippen molar-refractivity contribution in [3.63, 3.8) is 0 Å².